The monoisotopic (exact) mass is 273 g/mol. The first-order chi connectivity index (χ1) is 8.45. The van der Waals surface area contributed by atoms with Gasteiger partial charge >= 0.3 is 0 Å². The van der Waals surface area contributed by atoms with E-state index in [1.807, 2.05) is 0 Å². The number of anilines is 1. The number of benzene rings is 1. The number of nitrogens with one attached hydrogen (secondary N) is 1. The molecule has 6 heteroatoms. The number of carbonyl (C=O) groups excluding carboxylic acids is 1. The van der Waals surface area contributed by atoms with Gasteiger partial charge in [-0.05, 0) is 31.5 Å². The quantitative estimate of drug-likeness (QED) is 0.847. The predicted octanol–water partition coefficient (Wildman–Crippen LogP) is 1.20. The van der Waals surface area contributed by atoms with Crippen LogP contribution in [-0.2, 0) is 15.6 Å². The largest absolute Gasteiger partial charge is 0.395 e. The second kappa shape index (κ2) is 6.61. The molecule has 18 heavy (non-hydrogen) atoms. The van der Waals surface area contributed by atoms with Crippen molar-refractivity contribution >= 4 is 22.4 Å². The Kier molecular flexibility index (Phi) is 5.43. The van der Waals surface area contributed by atoms with Gasteiger partial charge in [0.2, 0.25) is 5.91 Å². The van der Waals surface area contributed by atoms with E-state index in [0.717, 1.165) is 0 Å². The number of aliphatic hydroxyl groups excluding tert-OH is 1. The standard InChI is InChI=1S/C12H16FNO3S/c1-8-3-4-10(7-11(8)13)14-12(16)9(2)18(17)6-5-15/h3-4,7,9,15H,5-6H2,1-2H3,(H,14,16). The third-order valence-corrected chi connectivity index (χ3v) is 4.08. The average Bonchev–Trinajstić information content (AvgIpc) is 2.33. The van der Waals surface area contributed by atoms with Crippen LogP contribution in [0.15, 0.2) is 18.2 Å². The maximum atomic E-state index is 13.3. The van der Waals surface area contributed by atoms with Gasteiger partial charge in [-0.1, -0.05) is 6.07 Å². The Bertz CT molecular complexity index is 465. The molecule has 100 valence electrons. The van der Waals surface area contributed by atoms with E-state index in [0.29, 0.717) is 11.3 Å². The van der Waals surface area contributed by atoms with E-state index in [1.165, 1.54) is 13.0 Å². The van der Waals surface area contributed by atoms with Crippen molar-refractivity contribution in [3.8, 4) is 0 Å². The molecule has 1 aromatic carbocycles. The summed E-state index contributed by atoms with van der Waals surface area (Å²) in [5, 5.41) is 10.4. The summed E-state index contributed by atoms with van der Waals surface area (Å²) in [5.41, 5.74) is 0.820. The van der Waals surface area contributed by atoms with Crippen LogP contribution in [0, 0.1) is 12.7 Å². The first kappa shape index (κ1) is 14.8. The van der Waals surface area contributed by atoms with Crippen LogP contribution in [0.4, 0.5) is 10.1 Å². The average molecular weight is 273 g/mol. The van der Waals surface area contributed by atoms with Crippen molar-refractivity contribution < 1.29 is 18.5 Å². The Morgan fingerprint density at radius 3 is 2.78 bits per heavy atom. The van der Waals surface area contributed by atoms with Crippen LogP contribution in [0.25, 0.3) is 0 Å². The minimum atomic E-state index is -1.43. The summed E-state index contributed by atoms with van der Waals surface area (Å²) in [4.78, 5) is 11.7. The second-order valence-corrected chi connectivity index (χ2v) is 5.78. The fraction of sp³-hybridized carbons (Fsp3) is 0.417. The van der Waals surface area contributed by atoms with E-state index in [1.54, 1.807) is 19.1 Å². The van der Waals surface area contributed by atoms with Crippen molar-refractivity contribution in [2.24, 2.45) is 0 Å². The molecule has 2 atom stereocenters. The summed E-state index contributed by atoms with van der Waals surface area (Å²) in [6, 6.07) is 4.35. The van der Waals surface area contributed by atoms with Crippen LogP contribution in [0.1, 0.15) is 12.5 Å². The summed E-state index contributed by atoms with van der Waals surface area (Å²) in [6.45, 7) is 2.90. The highest BCUT2D eigenvalue weighted by molar-refractivity contribution is 7.86. The number of aliphatic hydroxyl groups is 1. The van der Waals surface area contributed by atoms with Crippen LogP contribution in [-0.4, -0.2) is 32.8 Å². The van der Waals surface area contributed by atoms with Gasteiger partial charge in [-0.3, -0.25) is 9.00 Å². The molecule has 0 aliphatic carbocycles. The first-order valence-electron chi connectivity index (χ1n) is 5.50. The molecule has 1 amide bonds. The number of rotatable bonds is 5. The lowest BCUT2D eigenvalue weighted by molar-refractivity contribution is -0.115. The van der Waals surface area contributed by atoms with Crippen molar-refractivity contribution in [1.29, 1.82) is 0 Å². The highest BCUT2D eigenvalue weighted by Crippen LogP contribution is 2.14. The van der Waals surface area contributed by atoms with Gasteiger partial charge in [0.1, 0.15) is 11.1 Å². The third kappa shape index (κ3) is 3.89. The lowest BCUT2D eigenvalue weighted by atomic mass is 10.2. The third-order valence-electron chi connectivity index (χ3n) is 2.50. The molecule has 1 aromatic rings. The molecule has 0 heterocycles. The maximum absolute atomic E-state index is 13.3. The predicted molar refractivity (Wildman–Crippen MR) is 69.3 cm³/mol. The van der Waals surface area contributed by atoms with E-state index in [9.17, 15) is 13.4 Å². The molecular weight excluding hydrogens is 257 g/mol. The molecule has 2 unspecified atom stereocenters. The zero-order valence-electron chi connectivity index (χ0n) is 10.3. The molecule has 0 spiro atoms. The zero-order chi connectivity index (χ0) is 13.7. The van der Waals surface area contributed by atoms with E-state index >= 15 is 0 Å². The fourth-order valence-corrected chi connectivity index (χ4v) is 2.13. The molecular formula is C12H16FNO3S. The molecule has 0 aliphatic rings. The van der Waals surface area contributed by atoms with E-state index < -0.39 is 27.8 Å². The fourth-order valence-electron chi connectivity index (χ4n) is 1.30. The van der Waals surface area contributed by atoms with Gasteiger partial charge in [0.15, 0.2) is 0 Å². The topological polar surface area (TPSA) is 66.4 Å². The Balaban J connectivity index is 2.69. The highest BCUT2D eigenvalue weighted by Gasteiger charge is 2.19. The van der Waals surface area contributed by atoms with E-state index in [2.05, 4.69) is 5.32 Å². The van der Waals surface area contributed by atoms with Gasteiger partial charge in [0, 0.05) is 22.2 Å². The molecule has 0 aromatic heterocycles. The van der Waals surface area contributed by atoms with E-state index in [-0.39, 0.29) is 12.4 Å². The summed E-state index contributed by atoms with van der Waals surface area (Å²) in [5.74, 6) is -0.807. The van der Waals surface area contributed by atoms with Gasteiger partial charge in [-0.2, -0.15) is 0 Å². The van der Waals surface area contributed by atoms with Crippen LogP contribution >= 0.6 is 0 Å². The van der Waals surface area contributed by atoms with Crippen molar-refractivity contribution in [3.63, 3.8) is 0 Å². The first-order valence-corrected chi connectivity index (χ1v) is 6.89. The lowest BCUT2D eigenvalue weighted by Gasteiger charge is -2.11. The van der Waals surface area contributed by atoms with Crippen molar-refractivity contribution in [2.75, 3.05) is 17.7 Å². The molecule has 2 N–H and O–H groups in total. The molecule has 1 rings (SSSR count). The summed E-state index contributed by atoms with van der Waals surface area (Å²) >= 11 is 0. The van der Waals surface area contributed by atoms with Gasteiger partial charge in [0.25, 0.3) is 0 Å². The SMILES string of the molecule is Cc1ccc(NC(=O)C(C)S(=O)CCO)cc1F. The van der Waals surface area contributed by atoms with Gasteiger partial charge in [-0.25, -0.2) is 4.39 Å². The molecule has 0 fully saturated rings. The van der Waals surface area contributed by atoms with Crippen molar-refractivity contribution in [1.82, 2.24) is 0 Å². The number of aryl methyl sites for hydroxylation is 1. The maximum Gasteiger partial charge on any atom is 0.239 e. The van der Waals surface area contributed by atoms with Crippen LogP contribution in [0.5, 0.6) is 0 Å². The Morgan fingerprint density at radius 1 is 1.56 bits per heavy atom. The van der Waals surface area contributed by atoms with Crippen molar-refractivity contribution in [3.05, 3.63) is 29.6 Å². The Labute approximate surface area is 108 Å². The molecule has 0 radical (unpaired) electrons. The van der Waals surface area contributed by atoms with Gasteiger partial charge < -0.3 is 10.4 Å². The Hall–Kier alpha value is -1.27. The summed E-state index contributed by atoms with van der Waals surface area (Å²) in [6.07, 6.45) is 0. The number of hydrogen-bond donors (Lipinski definition) is 2. The number of carbonyl (C=O) groups is 1. The van der Waals surface area contributed by atoms with Crippen LogP contribution < -0.4 is 5.32 Å². The smallest absolute Gasteiger partial charge is 0.239 e. The van der Waals surface area contributed by atoms with Crippen LogP contribution in [0.3, 0.4) is 0 Å². The van der Waals surface area contributed by atoms with Crippen molar-refractivity contribution in [2.45, 2.75) is 19.1 Å². The zero-order valence-corrected chi connectivity index (χ0v) is 11.1. The second-order valence-electron chi connectivity index (χ2n) is 3.90. The Morgan fingerprint density at radius 2 is 2.22 bits per heavy atom. The minimum absolute atomic E-state index is 0.0524. The number of amides is 1. The summed E-state index contributed by atoms with van der Waals surface area (Å²) < 4.78 is 24.8. The van der Waals surface area contributed by atoms with E-state index in [4.69, 9.17) is 5.11 Å². The molecule has 0 bridgehead atoms. The molecule has 0 saturated carbocycles. The molecule has 0 aliphatic heterocycles. The lowest BCUT2D eigenvalue weighted by Crippen LogP contribution is -2.31. The number of hydrogen-bond acceptors (Lipinski definition) is 3. The van der Waals surface area contributed by atoms with Crippen LogP contribution in [0.2, 0.25) is 0 Å². The molecule has 4 nitrogen and oxygen atoms in total. The molecule has 0 saturated heterocycles. The number of halogens is 1. The minimum Gasteiger partial charge on any atom is -0.395 e. The summed E-state index contributed by atoms with van der Waals surface area (Å²) in [7, 11) is -1.43. The van der Waals surface area contributed by atoms with Gasteiger partial charge in [-0.15, -0.1) is 0 Å². The normalized spacial score (nSPS) is 14.0. The highest BCUT2D eigenvalue weighted by atomic mass is 32.2. The van der Waals surface area contributed by atoms with Gasteiger partial charge in [0.05, 0.1) is 6.61 Å².